The molecule has 1 aromatic carbocycles. The van der Waals surface area contributed by atoms with E-state index >= 15 is 0 Å². The number of carbonyl (C=O) groups is 1. The Morgan fingerprint density at radius 3 is 2.58 bits per heavy atom. The van der Waals surface area contributed by atoms with Gasteiger partial charge in [-0.3, -0.25) is 4.79 Å². The number of carbonyl (C=O) groups excluding carboxylic acids is 1. The van der Waals surface area contributed by atoms with Gasteiger partial charge in [0.25, 0.3) is 0 Å². The molecule has 5 heteroatoms. The number of hydrogen-bond donors (Lipinski definition) is 2. The standard InChI is InChI=1S/C21H28N2O3/c1-26-17-6-7-20-18(12-17)19(13-22-20)14-8-10-23(11-9-14)21(25)15-2-4-16(24)5-3-15/h6-7,12-16,22,24H,2-5,8-11H2,1H3. The summed E-state index contributed by atoms with van der Waals surface area (Å²) in [5.74, 6) is 1.78. The zero-order valence-electron chi connectivity index (χ0n) is 15.4. The Balaban J connectivity index is 1.41. The SMILES string of the molecule is COc1ccc2[nH]cc(C3CCN(C(=O)C4CCC(O)CC4)CC3)c2c1. The van der Waals surface area contributed by atoms with Crippen LogP contribution in [0.5, 0.6) is 5.75 Å². The van der Waals surface area contributed by atoms with Gasteiger partial charge in [-0.1, -0.05) is 0 Å². The first-order valence-corrected chi connectivity index (χ1v) is 9.77. The number of aliphatic hydroxyl groups is 1. The Morgan fingerprint density at radius 2 is 1.88 bits per heavy atom. The lowest BCUT2D eigenvalue weighted by atomic mass is 9.85. The molecule has 2 aliphatic rings. The van der Waals surface area contributed by atoms with Gasteiger partial charge in [0, 0.05) is 36.1 Å². The predicted octanol–water partition coefficient (Wildman–Crippen LogP) is 3.43. The van der Waals surface area contributed by atoms with Gasteiger partial charge in [-0.15, -0.1) is 0 Å². The van der Waals surface area contributed by atoms with Crippen LogP contribution in [0.25, 0.3) is 10.9 Å². The fourth-order valence-electron chi connectivity index (χ4n) is 4.58. The summed E-state index contributed by atoms with van der Waals surface area (Å²) in [6.07, 6.45) is 7.13. The highest BCUT2D eigenvalue weighted by atomic mass is 16.5. The van der Waals surface area contributed by atoms with Crippen molar-refractivity contribution in [3.63, 3.8) is 0 Å². The second-order valence-corrected chi connectivity index (χ2v) is 7.76. The van der Waals surface area contributed by atoms with E-state index in [9.17, 15) is 9.90 Å². The van der Waals surface area contributed by atoms with Gasteiger partial charge in [0.2, 0.25) is 5.91 Å². The number of H-pyrrole nitrogens is 1. The van der Waals surface area contributed by atoms with E-state index in [0.29, 0.717) is 11.8 Å². The molecule has 1 aromatic heterocycles. The van der Waals surface area contributed by atoms with Crippen LogP contribution in [0, 0.1) is 5.92 Å². The van der Waals surface area contributed by atoms with Crippen LogP contribution in [0.15, 0.2) is 24.4 Å². The van der Waals surface area contributed by atoms with Crippen molar-refractivity contribution in [2.45, 2.75) is 50.5 Å². The average molecular weight is 356 g/mol. The van der Waals surface area contributed by atoms with E-state index in [4.69, 9.17) is 4.74 Å². The van der Waals surface area contributed by atoms with Crippen LogP contribution in [0.1, 0.15) is 50.0 Å². The summed E-state index contributed by atoms with van der Waals surface area (Å²) < 4.78 is 5.37. The minimum absolute atomic E-state index is 0.118. The molecule has 0 unspecified atom stereocenters. The number of rotatable bonds is 3. The minimum Gasteiger partial charge on any atom is -0.497 e. The number of nitrogens with one attached hydrogen (secondary N) is 1. The molecule has 0 radical (unpaired) electrons. The number of methoxy groups -OCH3 is 1. The van der Waals surface area contributed by atoms with Crippen LogP contribution < -0.4 is 4.74 Å². The summed E-state index contributed by atoms with van der Waals surface area (Å²) in [4.78, 5) is 18.2. The summed E-state index contributed by atoms with van der Waals surface area (Å²) in [6.45, 7) is 1.67. The second-order valence-electron chi connectivity index (χ2n) is 7.76. The van der Waals surface area contributed by atoms with E-state index in [-0.39, 0.29) is 12.0 Å². The number of hydrogen-bond acceptors (Lipinski definition) is 3. The highest BCUT2D eigenvalue weighted by Crippen LogP contribution is 2.35. The number of aromatic amines is 1. The van der Waals surface area contributed by atoms with Gasteiger partial charge in [0.05, 0.1) is 13.2 Å². The van der Waals surface area contributed by atoms with Crippen LogP contribution in [-0.4, -0.2) is 47.2 Å². The average Bonchev–Trinajstić information content (AvgIpc) is 3.11. The van der Waals surface area contributed by atoms with Crippen molar-refractivity contribution < 1.29 is 14.6 Å². The van der Waals surface area contributed by atoms with Crippen LogP contribution >= 0.6 is 0 Å². The normalized spacial score (nSPS) is 24.8. The van der Waals surface area contributed by atoms with Gasteiger partial charge in [-0.25, -0.2) is 0 Å². The monoisotopic (exact) mass is 356 g/mol. The number of piperidine rings is 1. The Kier molecular flexibility index (Phi) is 4.90. The number of fused-ring (bicyclic) bond motifs is 1. The van der Waals surface area contributed by atoms with Crippen molar-refractivity contribution in [1.82, 2.24) is 9.88 Å². The van der Waals surface area contributed by atoms with Gasteiger partial charge < -0.3 is 19.7 Å². The van der Waals surface area contributed by atoms with Crippen LogP contribution in [0.2, 0.25) is 0 Å². The van der Waals surface area contributed by atoms with Crippen molar-refractivity contribution >= 4 is 16.8 Å². The summed E-state index contributed by atoms with van der Waals surface area (Å²) in [7, 11) is 1.70. The fourth-order valence-corrected chi connectivity index (χ4v) is 4.58. The number of nitrogens with zero attached hydrogens (tertiary/aromatic N) is 1. The van der Waals surface area contributed by atoms with Gasteiger partial charge >= 0.3 is 0 Å². The summed E-state index contributed by atoms with van der Waals surface area (Å²) >= 11 is 0. The Bertz CT molecular complexity index is 769. The van der Waals surface area contributed by atoms with Crippen molar-refractivity contribution in [3.05, 3.63) is 30.0 Å². The maximum atomic E-state index is 12.8. The topological polar surface area (TPSA) is 65.6 Å². The predicted molar refractivity (Wildman–Crippen MR) is 101 cm³/mol. The Hall–Kier alpha value is -2.01. The molecule has 0 bridgehead atoms. The fraction of sp³-hybridized carbons (Fsp3) is 0.571. The quantitative estimate of drug-likeness (QED) is 0.885. The maximum absolute atomic E-state index is 12.8. The molecule has 1 aliphatic heterocycles. The lowest BCUT2D eigenvalue weighted by Gasteiger charge is -2.35. The van der Waals surface area contributed by atoms with Crippen molar-refractivity contribution in [1.29, 1.82) is 0 Å². The smallest absolute Gasteiger partial charge is 0.225 e. The minimum atomic E-state index is -0.205. The van der Waals surface area contributed by atoms with Gasteiger partial charge in [0.1, 0.15) is 5.75 Å². The molecular formula is C21H28N2O3. The zero-order valence-corrected chi connectivity index (χ0v) is 15.4. The number of aromatic nitrogens is 1. The molecule has 140 valence electrons. The van der Waals surface area contributed by atoms with Gasteiger partial charge in [-0.2, -0.15) is 0 Å². The molecule has 2 fully saturated rings. The molecule has 26 heavy (non-hydrogen) atoms. The van der Waals surface area contributed by atoms with Crippen molar-refractivity contribution in [2.75, 3.05) is 20.2 Å². The molecule has 1 aliphatic carbocycles. The summed E-state index contributed by atoms with van der Waals surface area (Å²) in [5, 5.41) is 10.9. The zero-order chi connectivity index (χ0) is 18.1. The molecule has 1 saturated carbocycles. The van der Waals surface area contributed by atoms with E-state index in [1.54, 1.807) is 7.11 Å². The van der Waals surface area contributed by atoms with E-state index in [2.05, 4.69) is 23.3 Å². The summed E-state index contributed by atoms with van der Waals surface area (Å²) in [5.41, 5.74) is 2.48. The molecular weight excluding hydrogens is 328 g/mol. The Morgan fingerprint density at radius 1 is 1.15 bits per heavy atom. The summed E-state index contributed by atoms with van der Waals surface area (Å²) in [6, 6.07) is 6.14. The largest absolute Gasteiger partial charge is 0.497 e. The number of benzene rings is 1. The molecule has 2 N–H and O–H groups in total. The van der Waals surface area contributed by atoms with Crippen molar-refractivity contribution in [3.8, 4) is 5.75 Å². The van der Waals surface area contributed by atoms with Crippen LogP contribution in [0.4, 0.5) is 0 Å². The number of aliphatic hydroxyl groups excluding tert-OH is 1. The van der Waals surface area contributed by atoms with Crippen LogP contribution in [0.3, 0.4) is 0 Å². The molecule has 2 heterocycles. The van der Waals surface area contributed by atoms with Gasteiger partial charge in [0.15, 0.2) is 0 Å². The first-order chi connectivity index (χ1) is 12.7. The highest BCUT2D eigenvalue weighted by molar-refractivity contribution is 5.85. The van der Waals surface area contributed by atoms with E-state index in [1.807, 2.05) is 11.0 Å². The second kappa shape index (κ2) is 7.31. The number of amides is 1. The lowest BCUT2D eigenvalue weighted by Crippen LogP contribution is -2.42. The lowest BCUT2D eigenvalue weighted by molar-refractivity contribution is -0.138. The molecule has 2 aromatic rings. The molecule has 0 spiro atoms. The van der Waals surface area contributed by atoms with E-state index in [0.717, 1.165) is 62.9 Å². The number of ether oxygens (including phenoxy) is 1. The van der Waals surface area contributed by atoms with E-state index in [1.165, 1.54) is 10.9 Å². The number of likely N-dealkylation sites (tertiary alicyclic amines) is 1. The molecule has 0 atom stereocenters. The maximum Gasteiger partial charge on any atom is 0.225 e. The third kappa shape index (κ3) is 3.32. The highest BCUT2D eigenvalue weighted by Gasteiger charge is 2.31. The molecule has 1 amide bonds. The first kappa shape index (κ1) is 17.4. The van der Waals surface area contributed by atoms with Gasteiger partial charge in [-0.05, 0) is 68.2 Å². The van der Waals surface area contributed by atoms with Crippen molar-refractivity contribution in [2.24, 2.45) is 5.92 Å². The third-order valence-electron chi connectivity index (χ3n) is 6.21. The van der Waals surface area contributed by atoms with E-state index < -0.39 is 0 Å². The molecule has 4 rings (SSSR count). The third-order valence-corrected chi connectivity index (χ3v) is 6.21. The first-order valence-electron chi connectivity index (χ1n) is 9.77. The van der Waals surface area contributed by atoms with Crippen LogP contribution in [-0.2, 0) is 4.79 Å². The Labute approximate surface area is 154 Å². The molecule has 1 saturated heterocycles. The molecule has 5 nitrogen and oxygen atoms in total.